The van der Waals surface area contributed by atoms with Gasteiger partial charge in [0.15, 0.2) is 0 Å². The minimum absolute atomic E-state index is 0.0752. The van der Waals surface area contributed by atoms with Crippen molar-refractivity contribution in [1.29, 1.82) is 0 Å². The van der Waals surface area contributed by atoms with Gasteiger partial charge < -0.3 is 4.90 Å². The van der Waals surface area contributed by atoms with Gasteiger partial charge >= 0.3 is 6.43 Å². The highest BCUT2D eigenvalue weighted by atomic mass is 19.3. The minimum Gasteiger partial charge on any atom is -0.377 e. The Bertz CT molecular complexity index is 593. The van der Waals surface area contributed by atoms with Crippen LogP contribution in [-0.2, 0) is 0 Å². The predicted molar refractivity (Wildman–Crippen MR) is 68.6 cm³/mol. The summed E-state index contributed by atoms with van der Waals surface area (Å²) in [5.74, 6) is -1.13. The van der Waals surface area contributed by atoms with Gasteiger partial charge in [0.2, 0.25) is 5.78 Å². The van der Waals surface area contributed by atoms with Crippen LogP contribution in [0.3, 0.4) is 0 Å². The zero-order valence-electron chi connectivity index (χ0n) is 10.2. The summed E-state index contributed by atoms with van der Waals surface area (Å²) >= 11 is 0. The predicted octanol–water partition coefficient (Wildman–Crippen LogP) is 3.35. The van der Waals surface area contributed by atoms with Gasteiger partial charge in [-0.15, -0.1) is 0 Å². The molecule has 2 aromatic carbocycles. The largest absolute Gasteiger partial charge is 0.377 e. The van der Waals surface area contributed by atoms with Crippen molar-refractivity contribution in [1.82, 2.24) is 0 Å². The summed E-state index contributed by atoms with van der Waals surface area (Å²) in [4.78, 5) is 13.4. The van der Waals surface area contributed by atoms with Crippen molar-refractivity contribution in [2.24, 2.45) is 0 Å². The highest BCUT2D eigenvalue weighted by molar-refractivity contribution is 6.12. The number of carbonyl (C=O) groups is 1. The molecule has 0 fully saturated rings. The molecule has 2 nitrogen and oxygen atoms in total. The second kappa shape index (κ2) is 4.72. The van der Waals surface area contributed by atoms with Crippen LogP contribution in [0.4, 0.5) is 14.5 Å². The molecule has 94 valence electrons. The van der Waals surface area contributed by atoms with Crippen LogP contribution in [0.1, 0.15) is 10.4 Å². The second-order valence-corrected chi connectivity index (χ2v) is 4.24. The first-order valence-corrected chi connectivity index (χ1v) is 5.54. The van der Waals surface area contributed by atoms with E-state index in [9.17, 15) is 13.6 Å². The summed E-state index contributed by atoms with van der Waals surface area (Å²) in [6.45, 7) is 0. The number of anilines is 1. The first-order valence-electron chi connectivity index (χ1n) is 5.54. The SMILES string of the molecule is CN(C)c1ccc(C(=O)C(F)F)c2ccccc12. The van der Waals surface area contributed by atoms with Gasteiger partial charge in [0.1, 0.15) is 0 Å². The number of hydrogen-bond donors (Lipinski definition) is 0. The molecule has 0 saturated carbocycles. The van der Waals surface area contributed by atoms with Gasteiger partial charge in [-0.3, -0.25) is 4.79 Å². The Morgan fingerprint density at radius 2 is 1.67 bits per heavy atom. The van der Waals surface area contributed by atoms with E-state index in [0.717, 1.165) is 11.1 Å². The van der Waals surface area contributed by atoms with Gasteiger partial charge in [-0.05, 0) is 17.5 Å². The molecule has 0 saturated heterocycles. The molecule has 4 heteroatoms. The van der Waals surface area contributed by atoms with E-state index in [1.807, 2.05) is 31.1 Å². The first-order chi connectivity index (χ1) is 8.52. The Morgan fingerprint density at radius 1 is 1.06 bits per heavy atom. The highest BCUT2D eigenvalue weighted by Crippen LogP contribution is 2.29. The van der Waals surface area contributed by atoms with E-state index < -0.39 is 12.2 Å². The van der Waals surface area contributed by atoms with E-state index in [2.05, 4.69) is 0 Å². The lowest BCUT2D eigenvalue weighted by atomic mass is 9.99. The lowest BCUT2D eigenvalue weighted by Crippen LogP contribution is -2.13. The van der Waals surface area contributed by atoms with Crippen LogP contribution in [0.2, 0.25) is 0 Å². The number of hydrogen-bond acceptors (Lipinski definition) is 2. The van der Waals surface area contributed by atoms with Gasteiger partial charge in [0.25, 0.3) is 0 Å². The average molecular weight is 249 g/mol. The van der Waals surface area contributed by atoms with Crippen LogP contribution in [0.5, 0.6) is 0 Å². The fraction of sp³-hybridized carbons (Fsp3) is 0.214. The third-order valence-electron chi connectivity index (χ3n) is 2.85. The quantitative estimate of drug-likeness (QED) is 0.777. The number of fused-ring (bicyclic) bond motifs is 1. The van der Waals surface area contributed by atoms with Crippen LogP contribution < -0.4 is 4.90 Å². The zero-order valence-corrected chi connectivity index (χ0v) is 10.2. The second-order valence-electron chi connectivity index (χ2n) is 4.24. The minimum atomic E-state index is -2.97. The Morgan fingerprint density at radius 3 is 2.22 bits per heavy atom. The Hall–Kier alpha value is -1.97. The molecule has 2 aromatic rings. The summed E-state index contributed by atoms with van der Waals surface area (Å²) in [5.41, 5.74) is 0.975. The fourth-order valence-electron chi connectivity index (χ4n) is 2.01. The number of benzene rings is 2. The molecule has 0 atom stereocenters. The van der Waals surface area contributed by atoms with Crippen molar-refractivity contribution in [3.63, 3.8) is 0 Å². The Kier molecular flexibility index (Phi) is 3.28. The van der Waals surface area contributed by atoms with Crippen molar-refractivity contribution in [3.05, 3.63) is 42.0 Å². The number of alkyl halides is 2. The maximum Gasteiger partial charge on any atom is 0.300 e. The molecule has 2 rings (SSSR count). The molecule has 0 amide bonds. The summed E-state index contributed by atoms with van der Waals surface area (Å²) in [7, 11) is 3.74. The molecule has 0 aliphatic heterocycles. The maximum absolute atomic E-state index is 12.5. The van der Waals surface area contributed by atoms with E-state index in [4.69, 9.17) is 0 Å². The van der Waals surface area contributed by atoms with E-state index >= 15 is 0 Å². The topological polar surface area (TPSA) is 20.3 Å². The molecule has 0 spiro atoms. The standard InChI is InChI=1S/C14H13F2NO/c1-17(2)12-8-7-11(13(18)14(15)16)9-5-3-4-6-10(9)12/h3-8,14H,1-2H3. The molecular weight excluding hydrogens is 236 g/mol. The fourth-order valence-corrected chi connectivity index (χ4v) is 2.01. The normalized spacial score (nSPS) is 10.9. The number of nitrogens with zero attached hydrogens (tertiary/aromatic N) is 1. The zero-order chi connectivity index (χ0) is 13.3. The van der Waals surface area contributed by atoms with Crippen LogP contribution in [-0.4, -0.2) is 26.3 Å². The Labute approximate surface area is 104 Å². The van der Waals surface area contributed by atoms with Gasteiger partial charge in [-0.1, -0.05) is 24.3 Å². The molecule has 18 heavy (non-hydrogen) atoms. The van der Waals surface area contributed by atoms with Crippen molar-refractivity contribution < 1.29 is 13.6 Å². The van der Waals surface area contributed by atoms with Gasteiger partial charge in [0.05, 0.1) is 0 Å². The van der Waals surface area contributed by atoms with Crippen molar-refractivity contribution in [2.45, 2.75) is 6.43 Å². The molecule has 0 unspecified atom stereocenters. The lowest BCUT2D eigenvalue weighted by Gasteiger charge is -2.17. The van der Waals surface area contributed by atoms with Crippen LogP contribution in [0.15, 0.2) is 36.4 Å². The maximum atomic E-state index is 12.5. The number of Topliss-reactive ketones (excluding diaryl/α,β-unsaturated/α-hetero) is 1. The van der Waals surface area contributed by atoms with Crippen molar-refractivity contribution in [2.75, 3.05) is 19.0 Å². The monoisotopic (exact) mass is 249 g/mol. The van der Waals surface area contributed by atoms with Gasteiger partial charge in [-0.25, -0.2) is 8.78 Å². The molecule has 0 aromatic heterocycles. The van der Waals surface area contributed by atoms with E-state index in [0.29, 0.717) is 5.39 Å². The number of halogens is 2. The summed E-state index contributed by atoms with van der Waals surface area (Å²) < 4.78 is 25.1. The first kappa shape index (κ1) is 12.5. The smallest absolute Gasteiger partial charge is 0.300 e. The van der Waals surface area contributed by atoms with Crippen molar-refractivity contribution in [3.8, 4) is 0 Å². The van der Waals surface area contributed by atoms with Gasteiger partial charge in [-0.2, -0.15) is 0 Å². The molecule has 0 aliphatic rings. The molecule has 0 heterocycles. The Balaban J connectivity index is 2.72. The van der Waals surface area contributed by atoms with Crippen LogP contribution in [0, 0.1) is 0 Å². The lowest BCUT2D eigenvalue weighted by molar-refractivity contribution is 0.0680. The molecule has 0 aliphatic carbocycles. The van der Waals surface area contributed by atoms with Crippen LogP contribution in [0.25, 0.3) is 10.8 Å². The van der Waals surface area contributed by atoms with Gasteiger partial charge in [0, 0.05) is 30.7 Å². The highest BCUT2D eigenvalue weighted by Gasteiger charge is 2.20. The summed E-state index contributed by atoms with van der Waals surface area (Å²) in [6.07, 6.45) is -2.97. The molecule has 0 N–H and O–H groups in total. The summed E-state index contributed by atoms with van der Waals surface area (Å²) in [5, 5.41) is 1.36. The number of rotatable bonds is 3. The number of carbonyl (C=O) groups excluding carboxylic acids is 1. The third kappa shape index (κ3) is 2.06. The van der Waals surface area contributed by atoms with E-state index in [1.54, 1.807) is 18.2 Å². The van der Waals surface area contributed by atoms with Crippen molar-refractivity contribution >= 4 is 22.2 Å². The number of ketones is 1. The van der Waals surface area contributed by atoms with E-state index in [1.165, 1.54) is 6.07 Å². The molecule has 0 radical (unpaired) electrons. The van der Waals surface area contributed by atoms with Crippen LogP contribution >= 0.6 is 0 Å². The van der Waals surface area contributed by atoms with E-state index in [-0.39, 0.29) is 5.56 Å². The molecule has 0 bridgehead atoms. The average Bonchev–Trinajstić information content (AvgIpc) is 2.36. The summed E-state index contributed by atoms with van der Waals surface area (Å²) in [6, 6.07) is 10.2. The molecular formula is C14H13F2NO. The third-order valence-corrected chi connectivity index (χ3v) is 2.85.